The average molecular weight is 294 g/mol. The van der Waals surface area contributed by atoms with E-state index in [-0.39, 0.29) is 0 Å². The monoisotopic (exact) mass is 294 g/mol. The van der Waals surface area contributed by atoms with Gasteiger partial charge in [-0.3, -0.25) is 0 Å². The van der Waals surface area contributed by atoms with E-state index in [1.807, 2.05) is 35.0 Å². The van der Waals surface area contributed by atoms with Gasteiger partial charge in [-0.2, -0.15) is 0 Å². The average Bonchev–Trinajstić information content (AvgIpc) is 3.01. The molecule has 0 aliphatic carbocycles. The molecule has 2 aromatic heterocycles. The van der Waals surface area contributed by atoms with Gasteiger partial charge < -0.3 is 9.30 Å². The van der Waals surface area contributed by atoms with E-state index in [2.05, 4.69) is 0 Å². The van der Waals surface area contributed by atoms with Crippen molar-refractivity contribution in [3.8, 4) is 0 Å². The van der Waals surface area contributed by atoms with Crippen molar-refractivity contribution >= 4 is 41.3 Å². The van der Waals surface area contributed by atoms with Gasteiger partial charge in [0.2, 0.25) is 0 Å². The van der Waals surface area contributed by atoms with E-state index in [1.54, 1.807) is 41.0 Å². The molecule has 0 saturated carbocycles. The molecule has 0 unspecified atom stereocenters. The second-order valence-electron chi connectivity index (χ2n) is 4.10. The van der Waals surface area contributed by atoms with Crippen LogP contribution in [0.3, 0.4) is 0 Å². The maximum absolute atomic E-state index is 12.4. The maximum Gasteiger partial charge on any atom is 0.148 e. The Morgan fingerprint density at radius 1 is 1.00 bits per heavy atom. The van der Waals surface area contributed by atoms with E-state index >= 15 is 0 Å². The summed E-state index contributed by atoms with van der Waals surface area (Å²) in [6.45, 7) is 1.76. The third kappa shape index (κ3) is 2.37. The van der Waals surface area contributed by atoms with Crippen molar-refractivity contribution in [1.29, 1.82) is 0 Å². The molecule has 18 heavy (non-hydrogen) atoms. The van der Waals surface area contributed by atoms with Gasteiger partial charge in [-0.05, 0) is 29.6 Å². The molecule has 0 N–H and O–H groups in total. The van der Waals surface area contributed by atoms with Crippen molar-refractivity contribution in [2.75, 3.05) is 6.66 Å². The second-order valence-corrected chi connectivity index (χ2v) is 8.63. The molecule has 92 valence electrons. The first kappa shape index (κ1) is 12.0. The minimum absolute atomic E-state index is 0.710. The number of hydrogen-bond acceptors (Lipinski definition) is 4. The first-order valence-electron chi connectivity index (χ1n) is 5.42. The van der Waals surface area contributed by atoms with E-state index in [4.69, 9.17) is 4.74 Å². The Morgan fingerprint density at radius 3 is 1.89 bits per heavy atom. The van der Waals surface area contributed by atoms with Crippen LogP contribution in [0.15, 0.2) is 46.7 Å². The lowest BCUT2D eigenvalue weighted by molar-refractivity contribution is 0.472. The minimum Gasteiger partial charge on any atom is -0.454 e. The van der Waals surface area contributed by atoms with E-state index in [1.165, 1.54) is 0 Å². The molecular weight excluding hydrogens is 283 g/mol. The van der Waals surface area contributed by atoms with Gasteiger partial charge in [0.1, 0.15) is 18.7 Å². The zero-order valence-corrected chi connectivity index (χ0v) is 12.2. The minimum atomic E-state index is -2.42. The summed E-state index contributed by atoms with van der Waals surface area (Å²) in [5.41, 5.74) is 0. The van der Waals surface area contributed by atoms with Gasteiger partial charge >= 0.3 is 0 Å². The SMILES string of the molecule is CP1(=O)C=C(c2cccs2)OC(c2cccs2)=C1. The van der Waals surface area contributed by atoms with E-state index in [0.29, 0.717) is 11.5 Å². The molecule has 5 heteroatoms. The zero-order valence-electron chi connectivity index (χ0n) is 9.70. The van der Waals surface area contributed by atoms with Gasteiger partial charge in [-0.15, -0.1) is 22.7 Å². The van der Waals surface area contributed by atoms with E-state index in [0.717, 1.165) is 9.75 Å². The molecule has 2 aromatic rings. The molecule has 3 heterocycles. The third-order valence-electron chi connectivity index (χ3n) is 2.50. The van der Waals surface area contributed by atoms with Crippen molar-refractivity contribution in [2.45, 2.75) is 0 Å². The fourth-order valence-corrected chi connectivity index (χ4v) is 4.66. The molecule has 0 bridgehead atoms. The van der Waals surface area contributed by atoms with Crippen LogP contribution in [0.1, 0.15) is 9.75 Å². The first-order chi connectivity index (χ1) is 8.64. The van der Waals surface area contributed by atoms with Crippen LogP contribution in [0.5, 0.6) is 0 Å². The number of ether oxygens (including phenoxy) is 1. The van der Waals surface area contributed by atoms with Crippen molar-refractivity contribution in [1.82, 2.24) is 0 Å². The van der Waals surface area contributed by atoms with E-state index in [9.17, 15) is 4.57 Å². The van der Waals surface area contributed by atoms with Gasteiger partial charge in [-0.25, -0.2) is 0 Å². The Kier molecular flexibility index (Phi) is 3.02. The zero-order chi connectivity index (χ0) is 12.6. The van der Waals surface area contributed by atoms with Gasteiger partial charge in [0, 0.05) is 11.6 Å². The van der Waals surface area contributed by atoms with Crippen LogP contribution in [0, 0.1) is 0 Å². The highest BCUT2D eigenvalue weighted by Gasteiger charge is 2.23. The van der Waals surface area contributed by atoms with Gasteiger partial charge in [0.25, 0.3) is 0 Å². The van der Waals surface area contributed by atoms with Crippen LogP contribution >= 0.6 is 29.8 Å². The fourth-order valence-electron chi connectivity index (χ4n) is 1.74. The quantitative estimate of drug-likeness (QED) is 0.718. The molecule has 0 saturated heterocycles. The van der Waals surface area contributed by atoms with E-state index < -0.39 is 7.14 Å². The summed E-state index contributed by atoms with van der Waals surface area (Å²) in [5, 5.41) is 3.98. The normalized spacial score (nSPS) is 17.8. The smallest absolute Gasteiger partial charge is 0.148 e. The van der Waals surface area contributed by atoms with Gasteiger partial charge in [0.15, 0.2) is 0 Å². The highest BCUT2D eigenvalue weighted by atomic mass is 32.1. The number of thiophene rings is 2. The summed E-state index contributed by atoms with van der Waals surface area (Å²) >= 11 is 3.18. The van der Waals surface area contributed by atoms with Crippen LogP contribution in [0.2, 0.25) is 0 Å². The molecule has 0 aromatic carbocycles. The number of hydrogen-bond donors (Lipinski definition) is 0. The first-order valence-corrected chi connectivity index (χ1v) is 9.47. The molecule has 0 amide bonds. The lowest BCUT2D eigenvalue weighted by atomic mass is 10.4. The molecule has 1 aliphatic rings. The molecule has 3 rings (SSSR count). The van der Waals surface area contributed by atoms with Crippen LogP contribution in [0.25, 0.3) is 11.5 Å². The maximum atomic E-state index is 12.4. The molecule has 1 aliphatic heterocycles. The van der Waals surface area contributed by atoms with Crippen molar-refractivity contribution in [3.05, 3.63) is 56.4 Å². The summed E-state index contributed by atoms with van der Waals surface area (Å²) in [7, 11) is -2.42. The largest absolute Gasteiger partial charge is 0.454 e. The Hall–Kier alpha value is -1.09. The molecule has 0 spiro atoms. The van der Waals surface area contributed by atoms with Crippen LogP contribution < -0.4 is 0 Å². The Bertz CT molecular complexity index is 597. The summed E-state index contributed by atoms with van der Waals surface area (Å²) in [6, 6.07) is 7.89. The molecular formula is C13H11O2PS2. The highest BCUT2D eigenvalue weighted by Crippen LogP contribution is 2.54. The van der Waals surface area contributed by atoms with Crippen molar-refractivity contribution in [3.63, 3.8) is 0 Å². The Morgan fingerprint density at radius 2 is 1.50 bits per heavy atom. The lowest BCUT2D eigenvalue weighted by Crippen LogP contribution is -1.95. The predicted molar refractivity (Wildman–Crippen MR) is 79.2 cm³/mol. The van der Waals surface area contributed by atoms with Crippen LogP contribution in [-0.4, -0.2) is 6.66 Å². The molecule has 2 nitrogen and oxygen atoms in total. The third-order valence-corrected chi connectivity index (χ3v) is 5.76. The topological polar surface area (TPSA) is 26.3 Å². The van der Waals surface area contributed by atoms with Gasteiger partial charge in [0.05, 0.1) is 9.75 Å². The summed E-state index contributed by atoms with van der Waals surface area (Å²) in [4.78, 5) is 2.03. The predicted octanol–water partition coefficient (Wildman–Crippen LogP) is 5.13. The van der Waals surface area contributed by atoms with Gasteiger partial charge in [-0.1, -0.05) is 12.1 Å². The molecule has 0 radical (unpaired) electrons. The van der Waals surface area contributed by atoms with Crippen molar-refractivity contribution in [2.24, 2.45) is 0 Å². The summed E-state index contributed by atoms with van der Waals surface area (Å²) in [5.74, 6) is 4.91. The number of rotatable bonds is 2. The second kappa shape index (κ2) is 4.54. The standard InChI is InChI=1S/C13H11O2PS2/c1-16(14)8-10(12-4-2-6-17-12)15-11(9-16)13-5-3-7-18-13/h2-9H,1H3. The van der Waals surface area contributed by atoms with Crippen LogP contribution in [-0.2, 0) is 9.30 Å². The molecule has 0 atom stereocenters. The molecule has 0 fully saturated rings. The Labute approximate surface area is 114 Å². The summed E-state index contributed by atoms with van der Waals surface area (Å²) in [6.07, 6.45) is 0. The van der Waals surface area contributed by atoms with Crippen molar-refractivity contribution < 1.29 is 9.30 Å². The van der Waals surface area contributed by atoms with Crippen LogP contribution in [0.4, 0.5) is 0 Å². The Balaban J connectivity index is 2.02. The highest BCUT2D eigenvalue weighted by molar-refractivity contribution is 7.69. The summed E-state index contributed by atoms with van der Waals surface area (Å²) < 4.78 is 18.3. The lowest BCUT2D eigenvalue weighted by Gasteiger charge is -2.18. The fraction of sp³-hybridized carbons (Fsp3) is 0.0769.